The van der Waals surface area contributed by atoms with Gasteiger partial charge in [-0.3, -0.25) is 0 Å². The Morgan fingerprint density at radius 1 is 1.50 bits per heavy atom. The fourth-order valence-electron chi connectivity index (χ4n) is 0.934. The summed E-state index contributed by atoms with van der Waals surface area (Å²) in [5.41, 5.74) is 0. The van der Waals surface area contributed by atoms with E-state index in [1.807, 2.05) is 6.20 Å². The van der Waals surface area contributed by atoms with E-state index in [4.69, 9.17) is 0 Å². The molecule has 1 unspecified atom stereocenters. The summed E-state index contributed by atoms with van der Waals surface area (Å²) in [4.78, 5) is 5.60. The third-order valence-corrected chi connectivity index (χ3v) is 3.36. The van der Waals surface area contributed by atoms with Crippen LogP contribution in [0.5, 0.6) is 0 Å². The van der Waals surface area contributed by atoms with E-state index < -0.39 is 0 Å². The molecule has 0 aromatic carbocycles. The largest absolute Gasteiger partial charge is 0.245 e. The molecule has 0 aliphatic heterocycles. The van der Waals surface area contributed by atoms with E-state index in [1.165, 1.54) is 4.88 Å². The molecule has 0 spiro atoms. The van der Waals surface area contributed by atoms with Crippen molar-refractivity contribution in [1.29, 1.82) is 0 Å². The molecule has 0 fully saturated rings. The van der Waals surface area contributed by atoms with Crippen molar-refractivity contribution >= 4 is 17.4 Å². The van der Waals surface area contributed by atoms with Crippen molar-refractivity contribution < 1.29 is 0 Å². The molecular formula is C10H15NS. The molecule has 1 aromatic heterocycles. The third kappa shape index (κ3) is 1.95. The Morgan fingerprint density at radius 3 is 2.58 bits per heavy atom. The molecule has 0 N–H and O–H groups in total. The van der Waals surface area contributed by atoms with Gasteiger partial charge in [-0.1, -0.05) is 27.4 Å². The molecule has 0 aliphatic carbocycles. The van der Waals surface area contributed by atoms with E-state index in [1.54, 1.807) is 17.4 Å². The highest BCUT2D eigenvalue weighted by atomic mass is 32.1. The zero-order valence-corrected chi connectivity index (χ0v) is 8.69. The number of rotatable bonds is 3. The summed E-state index contributed by atoms with van der Waals surface area (Å²) >= 11 is 1.74. The van der Waals surface area contributed by atoms with Crippen molar-refractivity contribution in [2.45, 2.75) is 26.7 Å². The van der Waals surface area contributed by atoms with Gasteiger partial charge >= 0.3 is 0 Å². The topological polar surface area (TPSA) is 12.9 Å². The lowest BCUT2D eigenvalue weighted by Gasteiger charge is -2.11. The Balaban J connectivity index is 2.81. The van der Waals surface area contributed by atoms with Crippen molar-refractivity contribution in [3.05, 3.63) is 22.7 Å². The van der Waals surface area contributed by atoms with E-state index in [0.717, 1.165) is 5.01 Å². The fraction of sp³-hybridized carbons (Fsp3) is 0.500. The summed E-state index contributed by atoms with van der Waals surface area (Å²) in [7, 11) is 0. The van der Waals surface area contributed by atoms with Gasteiger partial charge in [0.05, 0.1) is 0 Å². The average Bonchev–Trinajstić information content (AvgIpc) is 2.50. The summed E-state index contributed by atoms with van der Waals surface area (Å²) in [6, 6.07) is 0. The highest BCUT2D eigenvalue weighted by Gasteiger charge is 2.12. The van der Waals surface area contributed by atoms with E-state index in [9.17, 15) is 0 Å². The molecule has 1 rings (SSSR count). The molecule has 0 saturated heterocycles. The van der Waals surface area contributed by atoms with Gasteiger partial charge < -0.3 is 0 Å². The van der Waals surface area contributed by atoms with Gasteiger partial charge in [-0.2, -0.15) is 0 Å². The predicted octanol–water partition coefficient (Wildman–Crippen LogP) is 3.55. The number of hydrogen-bond acceptors (Lipinski definition) is 2. The van der Waals surface area contributed by atoms with Gasteiger partial charge in [0.25, 0.3) is 0 Å². The van der Waals surface area contributed by atoms with Gasteiger partial charge in [0.1, 0.15) is 5.01 Å². The molecule has 0 saturated carbocycles. The van der Waals surface area contributed by atoms with Crippen LogP contribution in [0.3, 0.4) is 0 Å². The minimum Gasteiger partial charge on any atom is -0.245 e. The summed E-state index contributed by atoms with van der Waals surface area (Å²) < 4.78 is 0. The Bertz CT molecular complexity index is 263. The van der Waals surface area contributed by atoms with Gasteiger partial charge in [0, 0.05) is 11.1 Å². The van der Waals surface area contributed by atoms with Gasteiger partial charge in [0.15, 0.2) is 0 Å². The molecule has 1 nitrogen and oxygen atoms in total. The van der Waals surface area contributed by atoms with E-state index in [0.29, 0.717) is 11.8 Å². The highest BCUT2D eigenvalue weighted by Crippen LogP contribution is 2.28. The molecule has 0 amide bonds. The molecule has 12 heavy (non-hydrogen) atoms. The van der Waals surface area contributed by atoms with Crippen molar-refractivity contribution in [3.8, 4) is 0 Å². The second kappa shape index (κ2) is 3.85. The molecule has 0 aliphatic rings. The van der Waals surface area contributed by atoms with Crippen LogP contribution in [0.15, 0.2) is 12.8 Å². The first-order chi connectivity index (χ1) is 5.65. The first-order valence-corrected chi connectivity index (χ1v) is 5.05. The SMILES string of the molecule is C=Cc1ncc(C(C)C(C)C)s1. The molecule has 1 heterocycles. The molecule has 2 heteroatoms. The zero-order valence-electron chi connectivity index (χ0n) is 7.87. The highest BCUT2D eigenvalue weighted by molar-refractivity contribution is 7.12. The monoisotopic (exact) mass is 181 g/mol. The fourth-order valence-corrected chi connectivity index (χ4v) is 1.93. The van der Waals surface area contributed by atoms with Crippen LogP contribution in [0.25, 0.3) is 6.08 Å². The second-order valence-electron chi connectivity index (χ2n) is 3.34. The maximum absolute atomic E-state index is 4.24. The zero-order chi connectivity index (χ0) is 9.14. The Hall–Kier alpha value is -0.630. The van der Waals surface area contributed by atoms with Crippen molar-refractivity contribution in [3.63, 3.8) is 0 Å². The van der Waals surface area contributed by atoms with Crippen molar-refractivity contribution in [2.24, 2.45) is 5.92 Å². The van der Waals surface area contributed by atoms with Crippen LogP contribution in [0.4, 0.5) is 0 Å². The standard InChI is InChI=1S/C10H15NS/c1-5-10-11-6-9(12-10)8(4)7(2)3/h5-8H,1H2,2-4H3. The number of aromatic nitrogens is 1. The molecule has 0 radical (unpaired) electrons. The number of thiazole rings is 1. The lowest BCUT2D eigenvalue weighted by Crippen LogP contribution is -1.98. The maximum Gasteiger partial charge on any atom is 0.115 e. The van der Waals surface area contributed by atoms with Crippen molar-refractivity contribution in [1.82, 2.24) is 4.98 Å². The number of hydrogen-bond donors (Lipinski definition) is 0. The maximum atomic E-state index is 4.24. The summed E-state index contributed by atoms with van der Waals surface area (Å²) in [5, 5.41) is 1.03. The van der Waals surface area contributed by atoms with Crippen LogP contribution in [0.2, 0.25) is 0 Å². The molecule has 1 atom stereocenters. The van der Waals surface area contributed by atoms with Crippen LogP contribution < -0.4 is 0 Å². The van der Waals surface area contributed by atoms with Crippen LogP contribution in [-0.2, 0) is 0 Å². The molecular weight excluding hydrogens is 166 g/mol. The summed E-state index contributed by atoms with van der Waals surface area (Å²) in [6.07, 6.45) is 3.77. The van der Waals surface area contributed by atoms with E-state index in [-0.39, 0.29) is 0 Å². The van der Waals surface area contributed by atoms with E-state index >= 15 is 0 Å². The van der Waals surface area contributed by atoms with Crippen LogP contribution in [0.1, 0.15) is 36.6 Å². The molecule has 1 aromatic rings. The predicted molar refractivity (Wildman–Crippen MR) is 55.5 cm³/mol. The smallest absolute Gasteiger partial charge is 0.115 e. The first-order valence-electron chi connectivity index (χ1n) is 4.23. The average molecular weight is 181 g/mol. The normalized spacial score (nSPS) is 13.3. The van der Waals surface area contributed by atoms with Gasteiger partial charge in [-0.25, -0.2) is 4.98 Å². The quantitative estimate of drug-likeness (QED) is 0.695. The lowest BCUT2D eigenvalue weighted by atomic mass is 9.97. The first kappa shape index (κ1) is 9.46. The van der Waals surface area contributed by atoms with Crippen molar-refractivity contribution in [2.75, 3.05) is 0 Å². The Kier molecular flexibility index (Phi) is 3.04. The lowest BCUT2D eigenvalue weighted by molar-refractivity contribution is 0.541. The second-order valence-corrected chi connectivity index (χ2v) is 4.43. The minimum absolute atomic E-state index is 0.608. The Morgan fingerprint density at radius 2 is 2.17 bits per heavy atom. The summed E-state index contributed by atoms with van der Waals surface area (Å²) in [6.45, 7) is 10.4. The van der Waals surface area contributed by atoms with Gasteiger partial charge in [-0.05, 0) is 17.9 Å². The molecule has 66 valence electrons. The summed E-state index contributed by atoms with van der Waals surface area (Å²) in [5.74, 6) is 1.29. The van der Waals surface area contributed by atoms with Crippen LogP contribution >= 0.6 is 11.3 Å². The van der Waals surface area contributed by atoms with Gasteiger partial charge in [-0.15, -0.1) is 11.3 Å². The molecule has 0 bridgehead atoms. The third-order valence-electron chi connectivity index (χ3n) is 2.16. The number of nitrogens with zero attached hydrogens (tertiary/aromatic N) is 1. The van der Waals surface area contributed by atoms with Gasteiger partial charge in [0.2, 0.25) is 0 Å². The van der Waals surface area contributed by atoms with Crippen LogP contribution in [0, 0.1) is 5.92 Å². The van der Waals surface area contributed by atoms with E-state index in [2.05, 4.69) is 32.3 Å². The Labute approximate surface area is 78.2 Å². The van der Waals surface area contributed by atoms with Crippen LogP contribution in [-0.4, -0.2) is 4.98 Å². The minimum atomic E-state index is 0.608.